The molecule has 0 amide bonds. The van der Waals surface area contributed by atoms with Crippen molar-refractivity contribution in [2.24, 2.45) is 15.7 Å². The average molecular weight is 624 g/mol. The standard InChI is InChI=1S/C43H37N5/c1-29(30-17-7-4-8-18-30)45-41(31-19-9-5-10-20-31)46-42(44)48-38-26-16-14-24-35(38)43(2,3)36-28-39-34(27-40(36)48)33-23-13-15-25-37(33)47(39)32-21-11-6-12-22-32/h4-11,13-21,23-28H,1,12,22H2,2-3H3,(H2,44,45,46). The third-order valence-electron chi connectivity index (χ3n) is 9.63. The minimum Gasteiger partial charge on any atom is -0.369 e. The van der Waals surface area contributed by atoms with E-state index in [1.807, 2.05) is 60.7 Å². The summed E-state index contributed by atoms with van der Waals surface area (Å²) in [7, 11) is 0. The van der Waals surface area contributed by atoms with Crippen molar-refractivity contribution in [1.29, 1.82) is 0 Å². The number of aliphatic imine (C=N–C) groups is 2. The second-order valence-electron chi connectivity index (χ2n) is 12.9. The number of benzene rings is 5. The Labute approximate surface area is 281 Å². The Hall–Kier alpha value is -5.94. The van der Waals surface area contributed by atoms with E-state index in [9.17, 15) is 0 Å². The first kappa shape index (κ1) is 29.5. The molecule has 2 aliphatic rings. The number of nitrogens with zero attached hydrogens (tertiary/aromatic N) is 4. The zero-order valence-corrected chi connectivity index (χ0v) is 27.3. The number of hydrogen-bond acceptors (Lipinski definition) is 1. The predicted octanol–water partition coefficient (Wildman–Crippen LogP) is 10.2. The van der Waals surface area contributed by atoms with Gasteiger partial charge in [0.25, 0.3) is 0 Å². The fourth-order valence-corrected chi connectivity index (χ4v) is 7.22. The number of allylic oxidation sites excluding steroid dienone is 4. The highest BCUT2D eigenvalue weighted by Gasteiger charge is 2.38. The first-order chi connectivity index (χ1) is 23.4. The maximum Gasteiger partial charge on any atom is 0.207 e. The molecule has 234 valence electrons. The molecule has 1 aromatic heterocycles. The van der Waals surface area contributed by atoms with Gasteiger partial charge in [0.2, 0.25) is 5.96 Å². The lowest BCUT2D eigenvalue weighted by atomic mass is 9.73. The Morgan fingerprint density at radius 1 is 0.708 bits per heavy atom. The molecule has 0 radical (unpaired) electrons. The van der Waals surface area contributed by atoms with Crippen LogP contribution in [0.2, 0.25) is 0 Å². The van der Waals surface area contributed by atoms with Gasteiger partial charge in [0, 0.05) is 27.4 Å². The molecule has 0 saturated carbocycles. The van der Waals surface area contributed by atoms with Crippen LogP contribution in [-0.4, -0.2) is 16.4 Å². The molecule has 0 saturated heterocycles. The molecule has 2 heterocycles. The molecule has 5 aromatic carbocycles. The zero-order chi connectivity index (χ0) is 32.8. The van der Waals surface area contributed by atoms with Gasteiger partial charge in [-0.25, -0.2) is 4.99 Å². The lowest BCUT2D eigenvalue weighted by molar-refractivity contribution is 0.633. The molecule has 0 fully saturated rings. The third-order valence-corrected chi connectivity index (χ3v) is 9.63. The Morgan fingerprint density at radius 2 is 1.40 bits per heavy atom. The number of anilines is 2. The third kappa shape index (κ3) is 4.87. The Bertz CT molecular complexity index is 2340. The summed E-state index contributed by atoms with van der Waals surface area (Å²) in [5, 5.41) is 2.39. The minimum absolute atomic E-state index is 0.295. The number of amidine groups is 1. The van der Waals surface area contributed by atoms with Crippen LogP contribution < -0.4 is 10.6 Å². The van der Waals surface area contributed by atoms with Crippen molar-refractivity contribution >= 4 is 56.4 Å². The number of nitrogens with two attached hydrogens (primary N) is 1. The molecule has 8 rings (SSSR count). The Balaban J connectivity index is 1.37. The molecule has 6 aromatic rings. The average Bonchev–Trinajstić information content (AvgIpc) is 3.45. The van der Waals surface area contributed by atoms with E-state index in [0.29, 0.717) is 17.5 Å². The maximum atomic E-state index is 7.14. The molecule has 2 N–H and O–H groups in total. The SMILES string of the molecule is C=C(N=C(N=C(N)N1c2ccccc2C(C)(C)c2cc3c(cc21)c1ccccc1n3C1=CC=CCC1)c1ccccc1)c1ccccc1. The van der Waals surface area contributed by atoms with E-state index < -0.39 is 0 Å². The first-order valence-electron chi connectivity index (χ1n) is 16.5. The van der Waals surface area contributed by atoms with Crippen LogP contribution >= 0.6 is 0 Å². The summed E-state index contributed by atoms with van der Waals surface area (Å²) in [5.74, 6) is 0.840. The molecule has 1 aliphatic carbocycles. The first-order valence-corrected chi connectivity index (χ1v) is 16.5. The van der Waals surface area contributed by atoms with E-state index >= 15 is 0 Å². The highest BCUT2D eigenvalue weighted by Crippen LogP contribution is 2.51. The molecule has 5 heteroatoms. The van der Waals surface area contributed by atoms with E-state index in [1.165, 1.54) is 38.6 Å². The maximum absolute atomic E-state index is 7.14. The Kier molecular flexibility index (Phi) is 7.18. The highest BCUT2D eigenvalue weighted by atomic mass is 15.3. The van der Waals surface area contributed by atoms with Crippen LogP contribution in [0.4, 0.5) is 11.4 Å². The lowest BCUT2D eigenvalue weighted by Crippen LogP contribution is -2.41. The van der Waals surface area contributed by atoms with Crippen molar-refractivity contribution in [3.8, 4) is 0 Å². The number of rotatable bonds is 4. The van der Waals surface area contributed by atoms with Crippen molar-refractivity contribution in [1.82, 2.24) is 4.57 Å². The Morgan fingerprint density at radius 3 is 2.15 bits per heavy atom. The van der Waals surface area contributed by atoms with Crippen molar-refractivity contribution in [2.45, 2.75) is 32.1 Å². The van der Waals surface area contributed by atoms with Crippen LogP contribution in [0.25, 0.3) is 33.2 Å². The van der Waals surface area contributed by atoms with Crippen LogP contribution in [0.15, 0.2) is 156 Å². The number of aromatic nitrogens is 1. The van der Waals surface area contributed by atoms with Crippen LogP contribution in [0.3, 0.4) is 0 Å². The fourth-order valence-electron chi connectivity index (χ4n) is 7.22. The van der Waals surface area contributed by atoms with Gasteiger partial charge >= 0.3 is 0 Å². The van der Waals surface area contributed by atoms with Gasteiger partial charge in [0.15, 0.2) is 5.84 Å². The van der Waals surface area contributed by atoms with Gasteiger partial charge in [-0.3, -0.25) is 4.90 Å². The second-order valence-corrected chi connectivity index (χ2v) is 12.9. The van der Waals surface area contributed by atoms with E-state index in [4.69, 9.17) is 15.7 Å². The molecule has 0 atom stereocenters. The summed E-state index contributed by atoms with van der Waals surface area (Å²) >= 11 is 0. The smallest absolute Gasteiger partial charge is 0.207 e. The van der Waals surface area contributed by atoms with E-state index in [-0.39, 0.29) is 5.41 Å². The topological polar surface area (TPSA) is 58.9 Å². The summed E-state index contributed by atoms with van der Waals surface area (Å²) < 4.78 is 2.45. The second kappa shape index (κ2) is 11.7. The summed E-state index contributed by atoms with van der Waals surface area (Å²) in [6.45, 7) is 8.89. The number of para-hydroxylation sites is 2. The van der Waals surface area contributed by atoms with Gasteiger partial charge in [-0.1, -0.05) is 130 Å². The van der Waals surface area contributed by atoms with Crippen molar-refractivity contribution in [2.75, 3.05) is 4.90 Å². The van der Waals surface area contributed by atoms with Crippen molar-refractivity contribution in [3.63, 3.8) is 0 Å². The molecule has 5 nitrogen and oxygen atoms in total. The number of fused-ring (bicyclic) bond motifs is 5. The van der Waals surface area contributed by atoms with Gasteiger partial charge in [-0.2, -0.15) is 4.99 Å². The van der Waals surface area contributed by atoms with Gasteiger partial charge < -0.3 is 10.3 Å². The van der Waals surface area contributed by atoms with Crippen LogP contribution in [-0.2, 0) is 5.41 Å². The van der Waals surface area contributed by atoms with Gasteiger partial charge in [-0.05, 0) is 59.9 Å². The zero-order valence-electron chi connectivity index (χ0n) is 27.3. The van der Waals surface area contributed by atoms with Crippen LogP contribution in [0, 0.1) is 0 Å². The van der Waals surface area contributed by atoms with Gasteiger partial charge in [0.1, 0.15) is 0 Å². The van der Waals surface area contributed by atoms with Crippen molar-refractivity contribution in [3.05, 3.63) is 168 Å². The molecule has 0 spiro atoms. The van der Waals surface area contributed by atoms with Crippen LogP contribution in [0.1, 0.15) is 48.9 Å². The van der Waals surface area contributed by atoms with Crippen LogP contribution in [0.5, 0.6) is 0 Å². The fraction of sp³-hybridized carbons (Fsp3) is 0.116. The summed E-state index contributed by atoms with van der Waals surface area (Å²) in [5.41, 5.74) is 17.4. The quantitative estimate of drug-likeness (QED) is 0.157. The molecule has 0 unspecified atom stereocenters. The summed E-state index contributed by atoms with van der Waals surface area (Å²) in [4.78, 5) is 12.1. The highest BCUT2D eigenvalue weighted by molar-refractivity contribution is 6.17. The lowest BCUT2D eigenvalue weighted by Gasteiger charge is -2.41. The summed E-state index contributed by atoms with van der Waals surface area (Å²) in [6, 6.07) is 41.8. The van der Waals surface area contributed by atoms with E-state index in [1.54, 1.807) is 0 Å². The number of guanidine groups is 1. The molecule has 1 aliphatic heterocycles. The molecular formula is C43H37N5. The largest absolute Gasteiger partial charge is 0.369 e. The summed E-state index contributed by atoms with van der Waals surface area (Å²) in [6.07, 6.45) is 8.69. The predicted molar refractivity (Wildman–Crippen MR) is 203 cm³/mol. The molecule has 48 heavy (non-hydrogen) atoms. The minimum atomic E-state index is -0.295. The monoisotopic (exact) mass is 623 g/mol. The van der Waals surface area contributed by atoms with Gasteiger partial charge in [-0.15, -0.1) is 0 Å². The van der Waals surface area contributed by atoms with E-state index in [0.717, 1.165) is 35.3 Å². The van der Waals surface area contributed by atoms with Crippen molar-refractivity contribution < 1.29 is 0 Å². The van der Waals surface area contributed by atoms with Gasteiger partial charge in [0.05, 0.1) is 28.1 Å². The molecule has 0 bridgehead atoms. The molecular weight excluding hydrogens is 587 g/mol. The van der Waals surface area contributed by atoms with E-state index in [2.05, 4.69) is 109 Å². The number of hydrogen-bond donors (Lipinski definition) is 1. The normalized spacial score (nSPS) is 15.7.